The van der Waals surface area contributed by atoms with E-state index in [-0.39, 0.29) is 5.92 Å². The Labute approximate surface area is 146 Å². The lowest BCUT2D eigenvalue weighted by atomic mass is 9.93. The molecule has 5 heteroatoms. The summed E-state index contributed by atoms with van der Waals surface area (Å²) < 4.78 is 12.1. The van der Waals surface area contributed by atoms with Gasteiger partial charge in [0.15, 0.2) is 11.5 Å². The van der Waals surface area contributed by atoms with Crippen molar-refractivity contribution in [3.8, 4) is 22.6 Å². The molecule has 1 atom stereocenters. The highest BCUT2D eigenvalue weighted by atomic mass is 16.7. The number of para-hydroxylation sites is 2. The molecular weight excluding hydrogens is 314 g/mol. The van der Waals surface area contributed by atoms with E-state index in [0.29, 0.717) is 0 Å². The number of aromatic nitrogens is 3. The summed E-state index contributed by atoms with van der Waals surface area (Å²) in [5.74, 6) is 1.54. The summed E-state index contributed by atoms with van der Waals surface area (Å²) >= 11 is 0. The van der Waals surface area contributed by atoms with E-state index in [1.54, 1.807) is 12.4 Å². The normalized spacial score (nSPS) is 14.4. The second kappa shape index (κ2) is 6.81. The number of allylic oxidation sites excluding steroid dienone is 1. The topological polar surface area (TPSA) is 60.0 Å². The molecule has 1 aliphatic heterocycles. The lowest BCUT2D eigenvalue weighted by molar-refractivity contribution is 0.0205. The number of pyridine rings is 1. The summed E-state index contributed by atoms with van der Waals surface area (Å²) in [5, 5.41) is 7.50. The van der Waals surface area contributed by atoms with Gasteiger partial charge in [0.2, 0.25) is 6.29 Å². The summed E-state index contributed by atoms with van der Waals surface area (Å²) in [4.78, 5) is 4.09. The van der Waals surface area contributed by atoms with Crippen LogP contribution in [-0.2, 0) is 0 Å². The van der Waals surface area contributed by atoms with E-state index in [2.05, 4.69) is 21.8 Å². The molecule has 4 rings (SSSR count). The maximum atomic E-state index is 6.06. The standard InChI is InChI=1S/C20H19N3O2/c1-2-3-6-15(20-24-17-7-4-5-8-18(17)25-20)19-16(13-22-23-19)14-9-11-21-12-10-14/h2,4-5,7-13,15,20H,1,3,6H2,(H,22,23). The number of aromatic amines is 1. The predicted octanol–water partition coefficient (Wildman–Crippen LogP) is 4.32. The molecule has 126 valence electrons. The molecule has 0 saturated heterocycles. The molecule has 0 fully saturated rings. The number of hydrogen-bond donors (Lipinski definition) is 1. The van der Waals surface area contributed by atoms with Crippen molar-refractivity contribution in [2.45, 2.75) is 25.0 Å². The van der Waals surface area contributed by atoms with Crippen LogP contribution >= 0.6 is 0 Å². The van der Waals surface area contributed by atoms with Crippen molar-refractivity contribution in [2.24, 2.45) is 0 Å². The molecule has 0 saturated carbocycles. The second-order valence-corrected chi connectivity index (χ2v) is 5.94. The molecule has 1 aromatic carbocycles. The monoisotopic (exact) mass is 333 g/mol. The van der Waals surface area contributed by atoms with Crippen molar-refractivity contribution >= 4 is 0 Å². The molecule has 0 radical (unpaired) electrons. The average molecular weight is 333 g/mol. The first kappa shape index (κ1) is 15.4. The molecule has 3 heterocycles. The summed E-state index contributed by atoms with van der Waals surface area (Å²) in [6.45, 7) is 3.84. The number of ether oxygens (including phenoxy) is 2. The van der Waals surface area contributed by atoms with Crippen molar-refractivity contribution in [3.63, 3.8) is 0 Å². The summed E-state index contributed by atoms with van der Waals surface area (Å²) in [5.41, 5.74) is 3.04. The Morgan fingerprint density at radius 1 is 1.12 bits per heavy atom. The second-order valence-electron chi connectivity index (χ2n) is 5.94. The van der Waals surface area contributed by atoms with Crippen LogP contribution in [0.3, 0.4) is 0 Å². The molecule has 0 spiro atoms. The van der Waals surface area contributed by atoms with Gasteiger partial charge < -0.3 is 9.47 Å². The molecule has 25 heavy (non-hydrogen) atoms. The quantitative estimate of drug-likeness (QED) is 0.683. The van der Waals surface area contributed by atoms with Gasteiger partial charge in [-0.15, -0.1) is 6.58 Å². The van der Waals surface area contributed by atoms with Gasteiger partial charge in [0.05, 0.1) is 11.6 Å². The zero-order valence-corrected chi connectivity index (χ0v) is 13.8. The summed E-state index contributed by atoms with van der Waals surface area (Å²) in [6, 6.07) is 11.7. The third-order valence-corrected chi connectivity index (χ3v) is 4.36. The van der Waals surface area contributed by atoms with Gasteiger partial charge in [-0.3, -0.25) is 10.1 Å². The summed E-state index contributed by atoms with van der Waals surface area (Å²) in [7, 11) is 0. The van der Waals surface area contributed by atoms with Crippen LogP contribution in [0.4, 0.5) is 0 Å². The number of rotatable bonds is 6. The smallest absolute Gasteiger partial charge is 0.249 e. The van der Waals surface area contributed by atoms with Crippen molar-refractivity contribution in [1.29, 1.82) is 0 Å². The number of hydrogen-bond acceptors (Lipinski definition) is 4. The number of fused-ring (bicyclic) bond motifs is 1. The van der Waals surface area contributed by atoms with Crippen molar-refractivity contribution in [3.05, 3.63) is 73.3 Å². The average Bonchev–Trinajstić information content (AvgIpc) is 3.30. The molecule has 1 N–H and O–H groups in total. The van der Waals surface area contributed by atoms with E-state index in [4.69, 9.17) is 9.47 Å². The minimum atomic E-state index is -0.402. The van der Waals surface area contributed by atoms with Gasteiger partial charge in [-0.2, -0.15) is 5.10 Å². The Kier molecular flexibility index (Phi) is 4.21. The van der Waals surface area contributed by atoms with Crippen molar-refractivity contribution < 1.29 is 9.47 Å². The number of nitrogens with zero attached hydrogens (tertiary/aromatic N) is 2. The molecule has 1 aliphatic rings. The largest absolute Gasteiger partial charge is 0.450 e. The fourth-order valence-corrected chi connectivity index (χ4v) is 3.13. The van der Waals surface area contributed by atoms with Crippen LogP contribution < -0.4 is 9.47 Å². The zero-order valence-electron chi connectivity index (χ0n) is 13.8. The van der Waals surface area contributed by atoms with Gasteiger partial charge in [0.25, 0.3) is 0 Å². The Bertz CT molecular complexity index is 835. The lowest BCUT2D eigenvalue weighted by Gasteiger charge is -2.21. The van der Waals surface area contributed by atoms with Crippen molar-refractivity contribution in [2.75, 3.05) is 0 Å². The SMILES string of the molecule is C=CCCC(c1n[nH]cc1-c1ccncc1)C1Oc2ccccc2O1. The van der Waals surface area contributed by atoms with Crippen LogP contribution in [0.5, 0.6) is 11.5 Å². The minimum Gasteiger partial charge on any atom is -0.450 e. The van der Waals surface area contributed by atoms with Gasteiger partial charge in [0.1, 0.15) is 0 Å². The van der Waals surface area contributed by atoms with Gasteiger partial charge in [0, 0.05) is 24.2 Å². The summed E-state index contributed by atoms with van der Waals surface area (Å²) in [6.07, 6.45) is 8.67. The number of nitrogens with one attached hydrogen (secondary N) is 1. The first-order valence-electron chi connectivity index (χ1n) is 8.34. The third kappa shape index (κ3) is 3.01. The molecular formula is C20H19N3O2. The van der Waals surface area contributed by atoms with Crippen LogP contribution in [0.25, 0.3) is 11.1 Å². The van der Waals surface area contributed by atoms with E-state index in [1.807, 2.05) is 48.7 Å². The highest BCUT2D eigenvalue weighted by Gasteiger charge is 2.35. The van der Waals surface area contributed by atoms with E-state index in [0.717, 1.165) is 41.2 Å². The Morgan fingerprint density at radius 2 is 1.84 bits per heavy atom. The Balaban J connectivity index is 1.67. The zero-order chi connectivity index (χ0) is 17.1. The molecule has 0 amide bonds. The number of H-pyrrole nitrogens is 1. The van der Waals surface area contributed by atoms with E-state index < -0.39 is 6.29 Å². The van der Waals surface area contributed by atoms with Crippen LogP contribution in [0.2, 0.25) is 0 Å². The van der Waals surface area contributed by atoms with Gasteiger partial charge in [-0.25, -0.2) is 0 Å². The highest BCUT2D eigenvalue weighted by Crippen LogP contribution is 2.41. The first-order valence-corrected chi connectivity index (χ1v) is 8.34. The van der Waals surface area contributed by atoms with Gasteiger partial charge >= 0.3 is 0 Å². The Morgan fingerprint density at radius 3 is 2.52 bits per heavy atom. The van der Waals surface area contributed by atoms with Gasteiger partial charge in [-0.1, -0.05) is 18.2 Å². The van der Waals surface area contributed by atoms with E-state index in [9.17, 15) is 0 Å². The maximum Gasteiger partial charge on any atom is 0.249 e. The molecule has 2 aromatic heterocycles. The first-order chi connectivity index (χ1) is 12.4. The van der Waals surface area contributed by atoms with Gasteiger partial charge in [-0.05, 0) is 42.7 Å². The minimum absolute atomic E-state index is 0.0141. The van der Waals surface area contributed by atoms with E-state index >= 15 is 0 Å². The van der Waals surface area contributed by atoms with Crippen molar-refractivity contribution in [1.82, 2.24) is 15.2 Å². The van der Waals surface area contributed by atoms with E-state index in [1.165, 1.54) is 0 Å². The molecule has 1 unspecified atom stereocenters. The highest BCUT2D eigenvalue weighted by molar-refractivity contribution is 5.65. The van der Waals surface area contributed by atoms with Crippen LogP contribution in [-0.4, -0.2) is 21.5 Å². The molecule has 3 aromatic rings. The maximum absolute atomic E-state index is 6.06. The lowest BCUT2D eigenvalue weighted by Crippen LogP contribution is -2.28. The van der Waals surface area contributed by atoms with Crippen LogP contribution in [0, 0.1) is 0 Å². The van der Waals surface area contributed by atoms with Crippen LogP contribution in [0.1, 0.15) is 24.5 Å². The fourth-order valence-electron chi connectivity index (χ4n) is 3.13. The third-order valence-electron chi connectivity index (χ3n) is 4.36. The fraction of sp³-hybridized carbons (Fsp3) is 0.200. The number of benzene rings is 1. The predicted molar refractivity (Wildman–Crippen MR) is 95.5 cm³/mol. The molecule has 5 nitrogen and oxygen atoms in total. The Hall–Kier alpha value is -3.08. The molecule has 0 aliphatic carbocycles. The van der Waals surface area contributed by atoms with Crippen LogP contribution in [0.15, 0.2) is 67.6 Å². The molecule has 0 bridgehead atoms.